The van der Waals surface area contributed by atoms with Crippen LogP contribution < -0.4 is 5.32 Å². The summed E-state index contributed by atoms with van der Waals surface area (Å²) in [5, 5.41) is 3.51. The molecule has 5 nitrogen and oxygen atoms in total. The fourth-order valence-electron chi connectivity index (χ4n) is 2.38. The van der Waals surface area contributed by atoms with Gasteiger partial charge in [-0.15, -0.1) is 0 Å². The smallest absolute Gasteiger partial charge is 0.373 e. The molecule has 1 aromatic heterocycles. The molecule has 5 heteroatoms. The normalized spacial score (nSPS) is 25.0. The van der Waals surface area contributed by atoms with Crippen molar-refractivity contribution < 1.29 is 18.7 Å². The van der Waals surface area contributed by atoms with Crippen LogP contribution in [-0.2, 0) is 9.47 Å². The largest absolute Gasteiger partial charge is 0.463 e. The van der Waals surface area contributed by atoms with Crippen molar-refractivity contribution in [2.45, 2.75) is 44.9 Å². The second kappa shape index (κ2) is 6.21. The van der Waals surface area contributed by atoms with Crippen LogP contribution in [0.15, 0.2) is 16.5 Å². The summed E-state index contributed by atoms with van der Waals surface area (Å²) in [7, 11) is 1.34. The summed E-state index contributed by atoms with van der Waals surface area (Å²) in [5.74, 6) is 0.546. The van der Waals surface area contributed by atoms with Gasteiger partial charge >= 0.3 is 5.97 Å². The van der Waals surface area contributed by atoms with Crippen LogP contribution in [0.3, 0.4) is 0 Å². The molecule has 0 spiro atoms. The Labute approximate surface area is 113 Å². The number of ether oxygens (including phenoxy) is 2. The van der Waals surface area contributed by atoms with Gasteiger partial charge in [-0.05, 0) is 38.8 Å². The van der Waals surface area contributed by atoms with Crippen LogP contribution in [0.5, 0.6) is 0 Å². The highest BCUT2D eigenvalue weighted by Crippen LogP contribution is 2.21. The lowest BCUT2D eigenvalue weighted by molar-refractivity contribution is 0.0111. The van der Waals surface area contributed by atoms with Crippen molar-refractivity contribution in [3.8, 4) is 0 Å². The third-order valence-corrected chi connectivity index (χ3v) is 3.41. The lowest BCUT2D eigenvalue weighted by Crippen LogP contribution is -2.39. The van der Waals surface area contributed by atoms with E-state index in [0.29, 0.717) is 12.1 Å². The number of furan rings is 1. The molecule has 1 saturated heterocycles. The molecule has 0 bridgehead atoms. The summed E-state index contributed by atoms with van der Waals surface area (Å²) in [4.78, 5) is 11.3. The first-order valence-electron chi connectivity index (χ1n) is 6.66. The van der Waals surface area contributed by atoms with Crippen LogP contribution in [0.1, 0.15) is 49.0 Å². The molecule has 1 aromatic rings. The van der Waals surface area contributed by atoms with Crippen molar-refractivity contribution in [3.63, 3.8) is 0 Å². The standard InChI is InChI=1S/C14H21NO4/c1-9-8-11(6-7-18-9)15-10(2)12-4-5-13(19-12)14(16)17-3/h4-5,9-11,15H,6-8H2,1-3H3. The van der Waals surface area contributed by atoms with Gasteiger partial charge in [0.15, 0.2) is 0 Å². The highest BCUT2D eigenvalue weighted by molar-refractivity contribution is 5.86. The molecule has 106 valence electrons. The van der Waals surface area contributed by atoms with Crippen molar-refractivity contribution in [3.05, 3.63) is 23.7 Å². The van der Waals surface area contributed by atoms with Crippen LogP contribution in [0, 0.1) is 0 Å². The molecule has 3 unspecified atom stereocenters. The second-order valence-corrected chi connectivity index (χ2v) is 4.98. The van der Waals surface area contributed by atoms with E-state index < -0.39 is 5.97 Å². The van der Waals surface area contributed by atoms with Gasteiger partial charge in [0, 0.05) is 12.6 Å². The zero-order valence-electron chi connectivity index (χ0n) is 11.6. The number of carbonyl (C=O) groups is 1. The third kappa shape index (κ3) is 3.58. The van der Waals surface area contributed by atoms with Gasteiger partial charge in [-0.3, -0.25) is 0 Å². The van der Waals surface area contributed by atoms with E-state index in [4.69, 9.17) is 9.15 Å². The maximum absolute atomic E-state index is 11.3. The predicted octanol–water partition coefficient (Wildman–Crippen LogP) is 2.28. The summed E-state index contributed by atoms with van der Waals surface area (Å²) in [5.41, 5.74) is 0. The van der Waals surface area contributed by atoms with Gasteiger partial charge in [0.25, 0.3) is 0 Å². The van der Waals surface area contributed by atoms with E-state index in [1.807, 2.05) is 13.0 Å². The molecule has 1 aliphatic rings. The van der Waals surface area contributed by atoms with E-state index in [0.717, 1.165) is 25.2 Å². The van der Waals surface area contributed by atoms with Crippen molar-refractivity contribution in [2.75, 3.05) is 13.7 Å². The van der Waals surface area contributed by atoms with Crippen LogP contribution >= 0.6 is 0 Å². The first kappa shape index (κ1) is 14.1. The molecular formula is C14H21NO4. The quantitative estimate of drug-likeness (QED) is 0.848. The predicted molar refractivity (Wildman–Crippen MR) is 70.0 cm³/mol. The number of methoxy groups -OCH3 is 1. The lowest BCUT2D eigenvalue weighted by Gasteiger charge is -2.29. The summed E-state index contributed by atoms with van der Waals surface area (Å²) in [6.07, 6.45) is 2.29. The number of nitrogens with one attached hydrogen (secondary N) is 1. The Hall–Kier alpha value is -1.33. The molecule has 1 N–H and O–H groups in total. The Morgan fingerprint density at radius 2 is 2.32 bits per heavy atom. The maximum Gasteiger partial charge on any atom is 0.373 e. The number of hydrogen-bond acceptors (Lipinski definition) is 5. The zero-order valence-corrected chi connectivity index (χ0v) is 11.6. The Morgan fingerprint density at radius 3 is 3.00 bits per heavy atom. The van der Waals surface area contributed by atoms with Crippen LogP contribution in [0.25, 0.3) is 0 Å². The zero-order chi connectivity index (χ0) is 13.8. The van der Waals surface area contributed by atoms with Gasteiger partial charge in [0.05, 0.1) is 19.3 Å². The van der Waals surface area contributed by atoms with Gasteiger partial charge in [0.2, 0.25) is 5.76 Å². The molecule has 2 heterocycles. The van der Waals surface area contributed by atoms with E-state index in [2.05, 4.69) is 17.0 Å². The summed E-state index contributed by atoms with van der Waals surface area (Å²) in [6, 6.07) is 3.94. The number of rotatable bonds is 4. The average Bonchev–Trinajstić information content (AvgIpc) is 2.87. The van der Waals surface area contributed by atoms with E-state index in [9.17, 15) is 4.79 Å². The minimum atomic E-state index is -0.446. The molecule has 1 aliphatic heterocycles. The summed E-state index contributed by atoms with van der Waals surface area (Å²) in [6.45, 7) is 4.90. The van der Waals surface area contributed by atoms with E-state index >= 15 is 0 Å². The highest BCUT2D eigenvalue weighted by Gasteiger charge is 2.22. The molecule has 0 saturated carbocycles. The van der Waals surface area contributed by atoms with Crippen LogP contribution in [-0.4, -0.2) is 31.8 Å². The minimum Gasteiger partial charge on any atom is -0.463 e. The maximum atomic E-state index is 11.3. The van der Waals surface area contributed by atoms with Crippen molar-refractivity contribution in [2.24, 2.45) is 0 Å². The first-order chi connectivity index (χ1) is 9.10. The van der Waals surface area contributed by atoms with Gasteiger partial charge in [0.1, 0.15) is 5.76 Å². The Kier molecular flexibility index (Phi) is 4.61. The minimum absolute atomic E-state index is 0.0636. The van der Waals surface area contributed by atoms with Gasteiger partial charge < -0.3 is 19.2 Å². The Bertz CT molecular complexity index is 429. The first-order valence-corrected chi connectivity index (χ1v) is 6.66. The molecule has 19 heavy (non-hydrogen) atoms. The third-order valence-electron chi connectivity index (χ3n) is 3.41. The fourth-order valence-corrected chi connectivity index (χ4v) is 2.38. The van der Waals surface area contributed by atoms with Crippen LogP contribution in [0.4, 0.5) is 0 Å². The van der Waals surface area contributed by atoms with Gasteiger partial charge in [-0.25, -0.2) is 4.79 Å². The number of carbonyl (C=O) groups excluding carboxylic acids is 1. The molecule has 0 radical (unpaired) electrons. The van der Waals surface area contributed by atoms with E-state index in [1.165, 1.54) is 7.11 Å². The van der Waals surface area contributed by atoms with Crippen molar-refractivity contribution >= 4 is 5.97 Å². The highest BCUT2D eigenvalue weighted by atomic mass is 16.5. The monoisotopic (exact) mass is 267 g/mol. The lowest BCUT2D eigenvalue weighted by atomic mass is 10.0. The second-order valence-electron chi connectivity index (χ2n) is 4.98. The molecule has 1 fully saturated rings. The molecule has 3 atom stereocenters. The number of hydrogen-bond donors (Lipinski definition) is 1. The molecule has 0 amide bonds. The summed E-state index contributed by atoms with van der Waals surface area (Å²) >= 11 is 0. The Morgan fingerprint density at radius 1 is 1.53 bits per heavy atom. The number of esters is 1. The molecular weight excluding hydrogens is 246 g/mol. The van der Waals surface area contributed by atoms with Crippen molar-refractivity contribution in [1.82, 2.24) is 5.32 Å². The van der Waals surface area contributed by atoms with Crippen molar-refractivity contribution in [1.29, 1.82) is 0 Å². The molecule has 2 rings (SSSR count). The average molecular weight is 267 g/mol. The van der Waals surface area contributed by atoms with Gasteiger partial charge in [-0.2, -0.15) is 0 Å². The topological polar surface area (TPSA) is 60.7 Å². The SMILES string of the molecule is COC(=O)c1ccc(C(C)NC2CCOC(C)C2)o1. The van der Waals surface area contributed by atoms with Gasteiger partial charge in [-0.1, -0.05) is 0 Å². The van der Waals surface area contributed by atoms with E-state index in [-0.39, 0.29) is 11.8 Å². The fraction of sp³-hybridized carbons (Fsp3) is 0.643. The Balaban J connectivity index is 1.93. The van der Waals surface area contributed by atoms with Crippen LogP contribution in [0.2, 0.25) is 0 Å². The van der Waals surface area contributed by atoms with E-state index in [1.54, 1.807) is 6.07 Å². The molecule has 0 aliphatic carbocycles. The summed E-state index contributed by atoms with van der Waals surface area (Å²) < 4.78 is 15.6. The molecule has 0 aromatic carbocycles.